The van der Waals surface area contributed by atoms with Gasteiger partial charge < -0.3 is 11.1 Å². The number of nitrogens with zero attached hydrogens (tertiary/aromatic N) is 2. The van der Waals surface area contributed by atoms with Gasteiger partial charge in [-0.05, 0) is 12.3 Å². The molecule has 1 amide bonds. The molecule has 0 bridgehead atoms. The van der Waals surface area contributed by atoms with Crippen LogP contribution in [0.5, 0.6) is 0 Å². The second-order valence-electron chi connectivity index (χ2n) is 5.13. The number of aromatic nitrogens is 2. The third kappa shape index (κ3) is 2.82. The van der Waals surface area contributed by atoms with Crippen LogP contribution in [-0.4, -0.2) is 21.7 Å². The number of hydrogen-bond acceptors (Lipinski definition) is 3. The minimum atomic E-state index is -0.539. The molecule has 1 rings (SSSR count). The highest BCUT2D eigenvalue weighted by Gasteiger charge is 2.27. The quantitative estimate of drug-likeness (QED) is 0.788. The first-order valence-electron chi connectivity index (χ1n) is 5.29. The Morgan fingerprint density at radius 3 is 2.50 bits per heavy atom. The van der Waals surface area contributed by atoms with Crippen LogP contribution in [0.25, 0.3) is 0 Å². The lowest BCUT2D eigenvalue weighted by molar-refractivity contribution is -0.119. The van der Waals surface area contributed by atoms with Gasteiger partial charge in [-0.25, -0.2) is 0 Å². The van der Waals surface area contributed by atoms with Crippen LogP contribution in [0.15, 0.2) is 6.07 Å². The number of anilines is 1. The highest BCUT2D eigenvalue weighted by molar-refractivity contribution is 5.94. The number of carbonyl (C=O) groups excluding carboxylic acids is 1. The first-order chi connectivity index (χ1) is 7.21. The zero-order valence-electron chi connectivity index (χ0n) is 10.5. The highest BCUT2D eigenvalue weighted by Crippen LogP contribution is 2.19. The van der Waals surface area contributed by atoms with Gasteiger partial charge in [0.15, 0.2) is 0 Å². The Kier molecular flexibility index (Phi) is 3.38. The molecule has 0 aliphatic heterocycles. The molecule has 0 fully saturated rings. The fraction of sp³-hybridized carbons (Fsp3) is 0.636. The van der Waals surface area contributed by atoms with Crippen LogP contribution in [0, 0.1) is 12.3 Å². The minimum Gasteiger partial charge on any atom is -0.319 e. The summed E-state index contributed by atoms with van der Waals surface area (Å²) in [6, 6.07) is 1.27. The van der Waals surface area contributed by atoms with Crippen molar-refractivity contribution < 1.29 is 4.79 Å². The van der Waals surface area contributed by atoms with Gasteiger partial charge in [0.05, 0.1) is 11.7 Å². The summed E-state index contributed by atoms with van der Waals surface area (Å²) in [6.07, 6.45) is 0. The molecule has 0 saturated carbocycles. The van der Waals surface area contributed by atoms with Gasteiger partial charge in [-0.1, -0.05) is 20.8 Å². The molecule has 5 heteroatoms. The summed E-state index contributed by atoms with van der Waals surface area (Å²) in [5, 5.41) is 6.92. The molecule has 5 nitrogen and oxygen atoms in total. The number of aryl methyl sites for hydroxylation is 2. The van der Waals surface area contributed by atoms with Crippen LogP contribution in [0.1, 0.15) is 26.5 Å². The van der Waals surface area contributed by atoms with E-state index in [0.29, 0.717) is 5.82 Å². The normalized spacial score (nSPS) is 13.6. The minimum absolute atomic E-state index is 0.185. The van der Waals surface area contributed by atoms with Crippen molar-refractivity contribution in [2.75, 3.05) is 5.32 Å². The Labute approximate surface area is 96.0 Å². The molecular formula is C11H20N4O. The first-order valence-corrected chi connectivity index (χ1v) is 5.29. The van der Waals surface area contributed by atoms with Crippen LogP contribution in [0.4, 0.5) is 5.82 Å². The maximum absolute atomic E-state index is 11.8. The standard InChI is InChI=1S/C11H20N4O/c1-7-6-8(15(5)14-7)13-10(16)9(12)11(2,3)4/h6,9H,12H2,1-5H3,(H,13,16)/t9-/m0/s1. The van der Waals surface area contributed by atoms with Gasteiger partial charge >= 0.3 is 0 Å². The molecule has 0 spiro atoms. The van der Waals surface area contributed by atoms with Crippen LogP contribution >= 0.6 is 0 Å². The largest absolute Gasteiger partial charge is 0.319 e. The molecule has 90 valence electrons. The maximum Gasteiger partial charge on any atom is 0.242 e. The Hall–Kier alpha value is -1.36. The second kappa shape index (κ2) is 4.25. The van der Waals surface area contributed by atoms with E-state index in [0.717, 1.165) is 5.69 Å². The van der Waals surface area contributed by atoms with Crippen molar-refractivity contribution in [1.29, 1.82) is 0 Å². The van der Waals surface area contributed by atoms with E-state index in [2.05, 4.69) is 10.4 Å². The Balaban J connectivity index is 2.76. The molecule has 3 N–H and O–H groups in total. The summed E-state index contributed by atoms with van der Waals surface area (Å²) in [5.41, 5.74) is 6.47. The van der Waals surface area contributed by atoms with Gasteiger partial charge in [-0.2, -0.15) is 5.10 Å². The molecule has 1 aromatic heterocycles. The Bertz CT molecular complexity index is 389. The number of nitrogens with two attached hydrogens (primary N) is 1. The monoisotopic (exact) mass is 224 g/mol. The van der Waals surface area contributed by atoms with Crippen molar-refractivity contribution in [2.24, 2.45) is 18.2 Å². The summed E-state index contributed by atoms with van der Waals surface area (Å²) in [5.74, 6) is 0.484. The molecule has 0 saturated heterocycles. The summed E-state index contributed by atoms with van der Waals surface area (Å²) < 4.78 is 1.63. The van der Waals surface area contributed by atoms with Crippen molar-refractivity contribution in [3.63, 3.8) is 0 Å². The first kappa shape index (κ1) is 12.7. The summed E-state index contributed by atoms with van der Waals surface area (Å²) in [7, 11) is 1.78. The number of rotatable bonds is 2. The van der Waals surface area contributed by atoms with Crippen LogP contribution in [0.3, 0.4) is 0 Å². The summed E-state index contributed by atoms with van der Waals surface area (Å²) in [6.45, 7) is 7.68. The lowest BCUT2D eigenvalue weighted by atomic mass is 9.87. The third-order valence-electron chi connectivity index (χ3n) is 2.47. The lowest BCUT2D eigenvalue weighted by Gasteiger charge is -2.25. The molecule has 1 atom stereocenters. The van der Waals surface area contributed by atoms with Gasteiger partial charge in [0.2, 0.25) is 5.91 Å². The lowest BCUT2D eigenvalue weighted by Crippen LogP contribution is -2.45. The van der Waals surface area contributed by atoms with Gasteiger partial charge in [0.1, 0.15) is 5.82 Å². The van der Waals surface area contributed by atoms with Crippen molar-refractivity contribution in [3.05, 3.63) is 11.8 Å². The van der Waals surface area contributed by atoms with Crippen LogP contribution in [0.2, 0.25) is 0 Å². The number of amides is 1. The SMILES string of the molecule is Cc1cc(NC(=O)[C@H](N)C(C)(C)C)n(C)n1. The molecule has 0 aromatic carbocycles. The number of nitrogens with one attached hydrogen (secondary N) is 1. The fourth-order valence-corrected chi connectivity index (χ4v) is 1.32. The number of hydrogen-bond donors (Lipinski definition) is 2. The third-order valence-corrected chi connectivity index (χ3v) is 2.47. The van der Waals surface area contributed by atoms with E-state index in [1.165, 1.54) is 0 Å². The van der Waals surface area contributed by atoms with Gasteiger partial charge in [0, 0.05) is 13.1 Å². The Morgan fingerprint density at radius 2 is 2.12 bits per heavy atom. The molecule has 1 heterocycles. The topological polar surface area (TPSA) is 72.9 Å². The van der Waals surface area contributed by atoms with E-state index in [1.807, 2.05) is 33.8 Å². The van der Waals surface area contributed by atoms with E-state index in [9.17, 15) is 4.79 Å². The number of carbonyl (C=O) groups is 1. The Morgan fingerprint density at radius 1 is 1.56 bits per heavy atom. The summed E-state index contributed by atoms with van der Waals surface area (Å²) in [4.78, 5) is 11.8. The van der Waals surface area contributed by atoms with Gasteiger partial charge in [-0.15, -0.1) is 0 Å². The zero-order chi connectivity index (χ0) is 12.5. The highest BCUT2D eigenvalue weighted by atomic mass is 16.2. The predicted octanol–water partition coefficient (Wildman–Crippen LogP) is 1.04. The zero-order valence-corrected chi connectivity index (χ0v) is 10.5. The molecular weight excluding hydrogens is 204 g/mol. The average Bonchev–Trinajstić information content (AvgIpc) is 2.42. The van der Waals surface area contributed by atoms with E-state index >= 15 is 0 Å². The summed E-state index contributed by atoms with van der Waals surface area (Å²) >= 11 is 0. The van der Waals surface area contributed by atoms with Crippen molar-refractivity contribution in [3.8, 4) is 0 Å². The van der Waals surface area contributed by atoms with Crippen LogP contribution in [-0.2, 0) is 11.8 Å². The van der Waals surface area contributed by atoms with Gasteiger partial charge in [0.25, 0.3) is 0 Å². The van der Waals surface area contributed by atoms with E-state index < -0.39 is 6.04 Å². The predicted molar refractivity (Wildman–Crippen MR) is 64.0 cm³/mol. The van der Waals surface area contributed by atoms with Crippen molar-refractivity contribution in [1.82, 2.24) is 9.78 Å². The molecule has 0 aliphatic rings. The van der Waals surface area contributed by atoms with Crippen molar-refractivity contribution in [2.45, 2.75) is 33.7 Å². The van der Waals surface area contributed by atoms with E-state index in [1.54, 1.807) is 11.7 Å². The smallest absolute Gasteiger partial charge is 0.242 e. The fourth-order valence-electron chi connectivity index (χ4n) is 1.32. The molecule has 0 radical (unpaired) electrons. The average molecular weight is 224 g/mol. The molecule has 0 unspecified atom stereocenters. The van der Waals surface area contributed by atoms with Gasteiger partial charge in [-0.3, -0.25) is 9.48 Å². The molecule has 0 aliphatic carbocycles. The van der Waals surface area contributed by atoms with E-state index in [4.69, 9.17) is 5.73 Å². The van der Waals surface area contributed by atoms with Crippen molar-refractivity contribution >= 4 is 11.7 Å². The second-order valence-corrected chi connectivity index (χ2v) is 5.13. The molecule has 16 heavy (non-hydrogen) atoms. The van der Waals surface area contributed by atoms with E-state index in [-0.39, 0.29) is 11.3 Å². The van der Waals surface area contributed by atoms with Crippen LogP contribution < -0.4 is 11.1 Å². The maximum atomic E-state index is 11.8. The molecule has 1 aromatic rings.